The van der Waals surface area contributed by atoms with E-state index in [0.717, 1.165) is 24.7 Å². The topological polar surface area (TPSA) is 67.2 Å². The van der Waals surface area contributed by atoms with E-state index in [1.165, 1.54) is 0 Å². The van der Waals surface area contributed by atoms with E-state index < -0.39 is 23.2 Å². The molecule has 0 aliphatic heterocycles. The minimum absolute atomic E-state index is 0.0574. The van der Waals surface area contributed by atoms with Crippen LogP contribution >= 0.6 is 0 Å². The Hall–Kier alpha value is -2.44. The second-order valence-corrected chi connectivity index (χ2v) is 4.55. The Balaban J connectivity index is 2.18. The molecule has 1 heterocycles. The molecule has 0 spiro atoms. The van der Waals surface area contributed by atoms with Gasteiger partial charge in [0.15, 0.2) is 0 Å². The van der Waals surface area contributed by atoms with Gasteiger partial charge in [0.05, 0.1) is 29.8 Å². The fourth-order valence-electron chi connectivity index (χ4n) is 1.97. The third-order valence-electron chi connectivity index (χ3n) is 3.01. The van der Waals surface area contributed by atoms with Gasteiger partial charge in [-0.3, -0.25) is 0 Å². The number of rotatable bonds is 6. The fourth-order valence-corrected chi connectivity index (χ4v) is 1.97. The summed E-state index contributed by atoms with van der Waals surface area (Å²) < 4.78 is 28.9. The van der Waals surface area contributed by atoms with Crippen molar-refractivity contribution < 1.29 is 18.7 Å². The maximum atomic E-state index is 13.7. The van der Waals surface area contributed by atoms with Crippen molar-refractivity contribution in [3.05, 3.63) is 47.5 Å². The van der Waals surface area contributed by atoms with Crippen molar-refractivity contribution in [2.24, 2.45) is 0 Å². The van der Waals surface area contributed by atoms with E-state index in [2.05, 4.69) is 10.3 Å². The molecule has 21 heavy (non-hydrogen) atoms. The average molecular weight is 295 g/mol. The monoisotopic (exact) mass is 295 g/mol. The Labute approximate surface area is 120 Å². The summed E-state index contributed by atoms with van der Waals surface area (Å²) in [6.45, 7) is 3.07. The van der Waals surface area contributed by atoms with Gasteiger partial charge in [-0.25, -0.2) is 18.6 Å². The van der Waals surface area contributed by atoms with Crippen LogP contribution in [0, 0.1) is 11.6 Å². The van der Waals surface area contributed by atoms with E-state index >= 15 is 0 Å². The molecule has 0 amide bonds. The fraction of sp³-hybridized carbons (Fsp3) is 0.286. The van der Waals surface area contributed by atoms with Crippen LogP contribution in [0.1, 0.15) is 29.4 Å². The van der Waals surface area contributed by atoms with Gasteiger partial charge in [0.2, 0.25) is 0 Å². The van der Waals surface area contributed by atoms with Crippen molar-refractivity contribution in [2.45, 2.75) is 26.4 Å². The molecule has 7 heteroatoms. The number of benzene rings is 1. The number of aromatic carboxylic acids is 1. The van der Waals surface area contributed by atoms with Gasteiger partial charge in [-0.15, -0.1) is 0 Å². The van der Waals surface area contributed by atoms with E-state index in [9.17, 15) is 13.6 Å². The number of aryl methyl sites for hydroxylation is 1. The molecule has 5 nitrogen and oxygen atoms in total. The maximum absolute atomic E-state index is 13.7. The van der Waals surface area contributed by atoms with Gasteiger partial charge in [0, 0.05) is 18.8 Å². The summed E-state index contributed by atoms with van der Waals surface area (Å²) in [4.78, 5) is 14.9. The molecule has 0 bridgehead atoms. The highest BCUT2D eigenvalue weighted by Crippen LogP contribution is 2.20. The van der Waals surface area contributed by atoms with Crippen molar-refractivity contribution in [3.63, 3.8) is 0 Å². The summed E-state index contributed by atoms with van der Waals surface area (Å²) in [5.41, 5.74) is 0.205. The summed E-state index contributed by atoms with van der Waals surface area (Å²) in [5.74, 6) is -3.37. The first-order chi connectivity index (χ1) is 10.0. The van der Waals surface area contributed by atoms with Gasteiger partial charge in [0.1, 0.15) is 11.6 Å². The Kier molecular flexibility index (Phi) is 4.52. The molecule has 0 atom stereocenters. The predicted molar refractivity (Wildman–Crippen MR) is 73.2 cm³/mol. The van der Waals surface area contributed by atoms with Crippen LogP contribution in [-0.2, 0) is 13.1 Å². The molecule has 2 aromatic rings. The lowest BCUT2D eigenvalue weighted by Crippen LogP contribution is -2.09. The minimum atomic E-state index is -1.44. The van der Waals surface area contributed by atoms with Crippen LogP contribution in [0.5, 0.6) is 0 Å². The molecule has 1 aromatic carbocycles. The lowest BCUT2D eigenvalue weighted by atomic mass is 10.1. The first-order valence-corrected chi connectivity index (χ1v) is 6.48. The van der Waals surface area contributed by atoms with Crippen LogP contribution in [0.15, 0.2) is 24.7 Å². The van der Waals surface area contributed by atoms with Gasteiger partial charge < -0.3 is 15.0 Å². The number of nitrogens with zero attached hydrogens (tertiary/aromatic N) is 2. The number of hydrogen-bond acceptors (Lipinski definition) is 3. The lowest BCUT2D eigenvalue weighted by molar-refractivity contribution is 0.0692. The number of carbonyl (C=O) groups is 1. The van der Waals surface area contributed by atoms with E-state index in [-0.39, 0.29) is 12.2 Å². The number of halogens is 2. The third-order valence-corrected chi connectivity index (χ3v) is 3.01. The van der Waals surface area contributed by atoms with Gasteiger partial charge in [-0.05, 0) is 12.5 Å². The summed E-state index contributed by atoms with van der Waals surface area (Å²) in [6, 6.07) is 1.52. The van der Waals surface area contributed by atoms with Gasteiger partial charge in [-0.2, -0.15) is 0 Å². The van der Waals surface area contributed by atoms with Crippen molar-refractivity contribution in [3.8, 4) is 0 Å². The smallest absolute Gasteiger partial charge is 0.338 e. The first kappa shape index (κ1) is 15.0. The molecule has 0 unspecified atom stereocenters. The second-order valence-electron chi connectivity index (χ2n) is 4.55. The molecule has 2 rings (SSSR count). The van der Waals surface area contributed by atoms with Crippen LogP contribution in [-0.4, -0.2) is 20.6 Å². The standard InChI is InChI=1S/C14H15F2N3O2/c1-2-3-19-8-17-6-9(19)7-18-13-4-10(14(20)21)11(15)5-12(13)16/h4-6,8,18H,2-3,7H2,1H3,(H,20,21). The Morgan fingerprint density at radius 3 is 2.81 bits per heavy atom. The molecular formula is C14H15F2N3O2. The highest BCUT2D eigenvalue weighted by atomic mass is 19.1. The molecule has 1 aromatic heterocycles. The quantitative estimate of drug-likeness (QED) is 0.860. The first-order valence-electron chi connectivity index (χ1n) is 6.48. The summed E-state index contributed by atoms with van der Waals surface area (Å²) in [7, 11) is 0. The molecule has 0 radical (unpaired) electrons. The van der Waals surface area contributed by atoms with Crippen LogP contribution < -0.4 is 5.32 Å². The molecule has 0 saturated heterocycles. The zero-order valence-corrected chi connectivity index (χ0v) is 11.4. The van der Waals surface area contributed by atoms with Crippen LogP contribution in [0.3, 0.4) is 0 Å². The number of carboxylic acids is 1. The SMILES string of the molecule is CCCn1cncc1CNc1cc(C(=O)O)c(F)cc1F. The number of aromatic nitrogens is 2. The number of nitrogens with one attached hydrogen (secondary N) is 1. The van der Waals surface area contributed by atoms with Crippen molar-refractivity contribution in [1.82, 2.24) is 9.55 Å². The van der Waals surface area contributed by atoms with Crippen LogP contribution in [0.4, 0.5) is 14.5 Å². The van der Waals surface area contributed by atoms with E-state index in [4.69, 9.17) is 5.11 Å². The van der Waals surface area contributed by atoms with Crippen molar-refractivity contribution in [1.29, 1.82) is 0 Å². The van der Waals surface area contributed by atoms with E-state index in [0.29, 0.717) is 6.07 Å². The molecule has 2 N–H and O–H groups in total. The maximum Gasteiger partial charge on any atom is 0.338 e. The van der Waals surface area contributed by atoms with Crippen molar-refractivity contribution in [2.75, 3.05) is 5.32 Å². The second kappa shape index (κ2) is 6.34. The zero-order valence-electron chi connectivity index (χ0n) is 11.4. The Bertz CT molecular complexity index is 656. The van der Waals surface area contributed by atoms with Crippen molar-refractivity contribution >= 4 is 11.7 Å². The largest absolute Gasteiger partial charge is 0.478 e. The summed E-state index contributed by atoms with van der Waals surface area (Å²) in [5, 5.41) is 11.6. The average Bonchev–Trinajstić information content (AvgIpc) is 2.85. The number of anilines is 1. The highest BCUT2D eigenvalue weighted by molar-refractivity contribution is 5.89. The molecular weight excluding hydrogens is 280 g/mol. The Morgan fingerprint density at radius 2 is 2.14 bits per heavy atom. The normalized spacial score (nSPS) is 10.6. The molecule has 0 fully saturated rings. The number of carboxylic acid groups (broad SMARTS) is 1. The van der Waals surface area contributed by atoms with Crippen LogP contribution in [0.25, 0.3) is 0 Å². The van der Waals surface area contributed by atoms with Gasteiger partial charge in [-0.1, -0.05) is 6.92 Å². The molecule has 112 valence electrons. The van der Waals surface area contributed by atoms with Gasteiger partial charge >= 0.3 is 5.97 Å². The molecule has 0 aliphatic carbocycles. The lowest BCUT2D eigenvalue weighted by Gasteiger charge is -2.11. The van der Waals surface area contributed by atoms with E-state index in [1.807, 2.05) is 11.5 Å². The molecule has 0 saturated carbocycles. The highest BCUT2D eigenvalue weighted by Gasteiger charge is 2.15. The summed E-state index contributed by atoms with van der Waals surface area (Å²) >= 11 is 0. The minimum Gasteiger partial charge on any atom is -0.478 e. The van der Waals surface area contributed by atoms with Crippen LogP contribution in [0.2, 0.25) is 0 Å². The number of hydrogen-bond donors (Lipinski definition) is 2. The molecule has 0 aliphatic rings. The van der Waals surface area contributed by atoms with E-state index in [1.54, 1.807) is 12.5 Å². The zero-order chi connectivity index (χ0) is 15.4. The number of imidazole rings is 1. The predicted octanol–water partition coefficient (Wildman–Crippen LogP) is 2.88. The Morgan fingerprint density at radius 1 is 1.38 bits per heavy atom. The van der Waals surface area contributed by atoms with Gasteiger partial charge in [0.25, 0.3) is 0 Å². The summed E-state index contributed by atoms with van der Waals surface area (Å²) in [6.07, 6.45) is 4.24. The third kappa shape index (κ3) is 3.36.